The van der Waals surface area contributed by atoms with E-state index in [2.05, 4.69) is 37.2 Å². The van der Waals surface area contributed by atoms with Crippen LogP contribution in [0.25, 0.3) is 0 Å². The number of hydrogen-bond acceptors (Lipinski definition) is 3. The quantitative estimate of drug-likeness (QED) is 0.721. The number of benzene rings is 2. The summed E-state index contributed by atoms with van der Waals surface area (Å²) in [6, 6.07) is 10.4. The third-order valence-electron chi connectivity index (χ3n) is 2.51. The van der Waals surface area contributed by atoms with Gasteiger partial charge < -0.3 is 5.32 Å². The summed E-state index contributed by atoms with van der Waals surface area (Å²) in [6.07, 6.45) is 0. The van der Waals surface area contributed by atoms with Gasteiger partial charge in [-0.2, -0.15) is 8.42 Å². The van der Waals surface area contributed by atoms with Gasteiger partial charge in [-0.1, -0.05) is 37.9 Å². The van der Waals surface area contributed by atoms with Crippen LogP contribution < -0.4 is 5.32 Å². The highest BCUT2D eigenvalue weighted by Gasteiger charge is 2.12. The molecular formula is C13H9Br2NO4S. The third-order valence-corrected chi connectivity index (χ3v) is 4.28. The molecule has 0 bridgehead atoms. The minimum atomic E-state index is -4.31. The van der Waals surface area contributed by atoms with Crippen molar-refractivity contribution in [2.45, 2.75) is 4.90 Å². The van der Waals surface area contributed by atoms with Crippen LogP contribution in [0.2, 0.25) is 0 Å². The molecule has 0 aliphatic carbocycles. The van der Waals surface area contributed by atoms with Crippen molar-refractivity contribution < 1.29 is 17.8 Å². The van der Waals surface area contributed by atoms with Gasteiger partial charge in [0.2, 0.25) is 0 Å². The van der Waals surface area contributed by atoms with Gasteiger partial charge in [0.25, 0.3) is 16.0 Å². The number of carbonyl (C=O) groups is 1. The van der Waals surface area contributed by atoms with Gasteiger partial charge in [-0.15, -0.1) is 0 Å². The van der Waals surface area contributed by atoms with Gasteiger partial charge in [0, 0.05) is 20.2 Å². The molecule has 1 amide bonds. The van der Waals surface area contributed by atoms with Crippen LogP contribution in [0.1, 0.15) is 10.4 Å². The van der Waals surface area contributed by atoms with Crippen LogP contribution in [0.5, 0.6) is 0 Å². The molecule has 110 valence electrons. The smallest absolute Gasteiger partial charge is 0.294 e. The van der Waals surface area contributed by atoms with Crippen LogP contribution >= 0.6 is 31.9 Å². The topological polar surface area (TPSA) is 83.5 Å². The van der Waals surface area contributed by atoms with Crippen LogP contribution in [0.4, 0.5) is 5.69 Å². The van der Waals surface area contributed by atoms with Crippen molar-refractivity contribution in [1.82, 2.24) is 0 Å². The average Bonchev–Trinajstić information content (AvgIpc) is 2.37. The molecule has 0 aliphatic heterocycles. The van der Waals surface area contributed by atoms with E-state index in [0.29, 0.717) is 5.56 Å². The Bertz CT molecular complexity index is 785. The molecule has 2 aromatic rings. The molecule has 0 unspecified atom stereocenters. The zero-order valence-corrected chi connectivity index (χ0v) is 14.4. The molecule has 2 N–H and O–H groups in total. The van der Waals surface area contributed by atoms with Crippen molar-refractivity contribution in [3.63, 3.8) is 0 Å². The van der Waals surface area contributed by atoms with Crippen LogP contribution in [-0.4, -0.2) is 18.9 Å². The van der Waals surface area contributed by atoms with Crippen LogP contribution in [0, 0.1) is 0 Å². The summed E-state index contributed by atoms with van der Waals surface area (Å²) in [6.45, 7) is 0. The maximum atomic E-state index is 12.1. The lowest BCUT2D eigenvalue weighted by molar-refractivity contribution is 0.102. The molecule has 0 heterocycles. The first-order chi connectivity index (χ1) is 9.75. The van der Waals surface area contributed by atoms with Gasteiger partial charge in [0.05, 0.1) is 4.90 Å². The second kappa shape index (κ2) is 6.27. The second-order valence-electron chi connectivity index (χ2n) is 4.12. The van der Waals surface area contributed by atoms with Crippen LogP contribution in [-0.2, 0) is 10.1 Å². The minimum Gasteiger partial charge on any atom is -0.322 e. The Hall–Kier alpha value is -1.22. The second-order valence-corrected chi connectivity index (χ2v) is 7.37. The van der Waals surface area contributed by atoms with E-state index in [4.69, 9.17) is 4.55 Å². The van der Waals surface area contributed by atoms with E-state index in [1.807, 2.05) is 0 Å². The van der Waals surface area contributed by atoms with Crippen molar-refractivity contribution in [2.75, 3.05) is 5.32 Å². The molecule has 0 radical (unpaired) electrons. The van der Waals surface area contributed by atoms with E-state index in [-0.39, 0.29) is 10.6 Å². The number of anilines is 1. The number of halogens is 2. The molecule has 0 atom stereocenters. The Kier molecular flexibility index (Phi) is 4.82. The van der Waals surface area contributed by atoms with Crippen molar-refractivity contribution in [3.05, 3.63) is 57.0 Å². The molecule has 0 saturated heterocycles. The molecule has 2 aromatic carbocycles. The number of nitrogens with one attached hydrogen (secondary N) is 1. The highest BCUT2D eigenvalue weighted by Crippen LogP contribution is 2.21. The lowest BCUT2D eigenvalue weighted by atomic mass is 10.2. The normalized spacial score (nSPS) is 11.2. The summed E-state index contributed by atoms with van der Waals surface area (Å²) in [5.74, 6) is -0.399. The zero-order valence-electron chi connectivity index (χ0n) is 10.4. The molecule has 0 saturated carbocycles. The van der Waals surface area contributed by atoms with Crippen molar-refractivity contribution in [1.29, 1.82) is 0 Å². The van der Waals surface area contributed by atoms with Gasteiger partial charge >= 0.3 is 0 Å². The van der Waals surface area contributed by atoms with Crippen LogP contribution in [0.15, 0.2) is 56.3 Å². The molecule has 2 rings (SSSR count). The van der Waals surface area contributed by atoms with Crippen molar-refractivity contribution in [3.8, 4) is 0 Å². The summed E-state index contributed by atoms with van der Waals surface area (Å²) in [4.78, 5) is 11.8. The Balaban J connectivity index is 2.28. The molecule has 0 aliphatic rings. The minimum absolute atomic E-state index is 0.270. The lowest BCUT2D eigenvalue weighted by Gasteiger charge is -2.07. The third kappa shape index (κ3) is 4.37. The highest BCUT2D eigenvalue weighted by atomic mass is 79.9. The van der Waals surface area contributed by atoms with E-state index in [0.717, 1.165) is 8.95 Å². The molecule has 0 spiro atoms. The van der Waals surface area contributed by atoms with E-state index >= 15 is 0 Å². The predicted molar refractivity (Wildman–Crippen MR) is 86.1 cm³/mol. The largest absolute Gasteiger partial charge is 0.322 e. The number of rotatable bonds is 3. The molecular weight excluding hydrogens is 426 g/mol. The predicted octanol–water partition coefficient (Wildman–Crippen LogP) is 3.71. The molecule has 0 aromatic heterocycles. The van der Waals surface area contributed by atoms with Gasteiger partial charge in [-0.25, -0.2) is 0 Å². The molecule has 0 fully saturated rings. The van der Waals surface area contributed by atoms with Crippen molar-refractivity contribution >= 4 is 53.6 Å². The summed E-state index contributed by atoms with van der Waals surface area (Å²) in [7, 11) is -4.31. The Labute approximate surface area is 138 Å². The van der Waals surface area contributed by atoms with Gasteiger partial charge in [0.1, 0.15) is 0 Å². The monoisotopic (exact) mass is 433 g/mol. The maximum absolute atomic E-state index is 12.1. The van der Waals surface area contributed by atoms with E-state index in [1.165, 1.54) is 24.3 Å². The molecule has 5 nitrogen and oxygen atoms in total. The number of hydrogen-bond donors (Lipinski definition) is 2. The summed E-state index contributed by atoms with van der Waals surface area (Å²) in [5.41, 5.74) is 0.666. The highest BCUT2D eigenvalue weighted by molar-refractivity contribution is 9.11. The molecule has 8 heteroatoms. The Morgan fingerprint density at radius 1 is 1.05 bits per heavy atom. The summed E-state index contributed by atoms with van der Waals surface area (Å²) >= 11 is 6.56. The van der Waals surface area contributed by atoms with E-state index in [1.54, 1.807) is 18.2 Å². The van der Waals surface area contributed by atoms with E-state index < -0.39 is 16.0 Å². The Morgan fingerprint density at radius 3 is 2.24 bits per heavy atom. The first-order valence-corrected chi connectivity index (χ1v) is 8.63. The number of amides is 1. The standard InChI is InChI=1S/C13H9Br2NO4S/c14-9-4-8(5-10(15)6-9)13(17)16-11-2-1-3-12(7-11)21(18,19)20/h1-7H,(H,16,17)(H,18,19,20). The lowest BCUT2D eigenvalue weighted by Crippen LogP contribution is -2.12. The summed E-state index contributed by atoms with van der Waals surface area (Å²) in [5, 5.41) is 2.57. The summed E-state index contributed by atoms with van der Waals surface area (Å²) < 4.78 is 32.6. The van der Waals surface area contributed by atoms with Gasteiger partial charge in [0.15, 0.2) is 0 Å². The van der Waals surface area contributed by atoms with Crippen molar-refractivity contribution in [2.24, 2.45) is 0 Å². The fourth-order valence-corrected chi connectivity index (χ4v) is 3.44. The zero-order chi connectivity index (χ0) is 15.6. The first-order valence-electron chi connectivity index (χ1n) is 5.61. The van der Waals surface area contributed by atoms with E-state index in [9.17, 15) is 13.2 Å². The SMILES string of the molecule is O=C(Nc1cccc(S(=O)(=O)O)c1)c1cc(Br)cc(Br)c1. The molecule has 21 heavy (non-hydrogen) atoms. The fraction of sp³-hybridized carbons (Fsp3) is 0. The average molecular weight is 435 g/mol. The fourth-order valence-electron chi connectivity index (χ4n) is 1.62. The maximum Gasteiger partial charge on any atom is 0.294 e. The first kappa shape index (κ1) is 16.2. The number of carbonyl (C=O) groups excluding carboxylic acids is 1. The van der Waals surface area contributed by atoms with Gasteiger partial charge in [-0.3, -0.25) is 9.35 Å². The van der Waals surface area contributed by atoms with Crippen LogP contribution in [0.3, 0.4) is 0 Å². The van der Waals surface area contributed by atoms with Gasteiger partial charge in [-0.05, 0) is 36.4 Å². The Morgan fingerprint density at radius 2 is 1.67 bits per heavy atom.